The Kier molecular flexibility index (Phi) is 4.26. The number of nitrogens with one attached hydrogen (secondary N) is 1. The van der Waals surface area contributed by atoms with Gasteiger partial charge in [-0.05, 0) is 63.1 Å². The molecule has 1 aliphatic carbocycles. The lowest BCUT2D eigenvalue weighted by Crippen LogP contribution is -2.36. The summed E-state index contributed by atoms with van der Waals surface area (Å²) >= 11 is 2.01. The molecule has 1 aromatic rings. The van der Waals surface area contributed by atoms with Gasteiger partial charge in [0.25, 0.3) is 0 Å². The topological polar surface area (TPSA) is 12.0 Å². The van der Waals surface area contributed by atoms with E-state index >= 15 is 0 Å². The first-order chi connectivity index (χ1) is 8.20. The summed E-state index contributed by atoms with van der Waals surface area (Å²) in [5.74, 6) is 0. The van der Waals surface area contributed by atoms with Crippen LogP contribution in [0.15, 0.2) is 12.1 Å². The average molecular weight is 251 g/mol. The maximum atomic E-state index is 3.68. The van der Waals surface area contributed by atoms with Crippen LogP contribution in [0.4, 0.5) is 0 Å². The van der Waals surface area contributed by atoms with Crippen molar-refractivity contribution < 1.29 is 0 Å². The van der Waals surface area contributed by atoms with E-state index in [0.717, 1.165) is 6.54 Å². The number of thiophene rings is 1. The van der Waals surface area contributed by atoms with Crippen LogP contribution >= 0.6 is 11.3 Å². The van der Waals surface area contributed by atoms with Gasteiger partial charge in [-0.2, -0.15) is 0 Å². The van der Waals surface area contributed by atoms with Gasteiger partial charge < -0.3 is 5.32 Å². The third-order valence-corrected chi connectivity index (χ3v) is 5.33. The molecule has 2 heteroatoms. The van der Waals surface area contributed by atoms with Crippen LogP contribution in [0.1, 0.15) is 49.8 Å². The molecule has 1 saturated carbocycles. The Hall–Kier alpha value is -0.340. The third kappa shape index (κ3) is 3.11. The zero-order chi connectivity index (χ0) is 12.3. The first kappa shape index (κ1) is 13.1. The Balaban J connectivity index is 1.93. The Morgan fingerprint density at radius 1 is 1.29 bits per heavy atom. The van der Waals surface area contributed by atoms with Gasteiger partial charge in [-0.1, -0.05) is 13.8 Å². The summed E-state index contributed by atoms with van der Waals surface area (Å²) in [6.45, 7) is 8.02. The van der Waals surface area contributed by atoms with Gasteiger partial charge in [-0.15, -0.1) is 11.3 Å². The summed E-state index contributed by atoms with van der Waals surface area (Å²) in [7, 11) is 0. The molecule has 1 unspecified atom stereocenters. The van der Waals surface area contributed by atoms with E-state index in [2.05, 4.69) is 38.2 Å². The molecule has 1 aliphatic rings. The molecular weight excluding hydrogens is 226 g/mol. The van der Waals surface area contributed by atoms with E-state index in [4.69, 9.17) is 0 Å². The van der Waals surface area contributed by atoms with Gasteiger partial charge in [0, 0.05) is 15.8 Å². The van der Waals surface area contributed by atoms with Crippen LogP contribution in [0.25, 0.3) is 0 Å². The SMILES string of the molecule is CCCNC(C)C1(Cc2ccc(CC)s2)CC1. The highest BCUT2D eigenvalue weighted by Crippen LogP contribution is 2.51. The van der Waals surface area contributed by atoms with Gasteiger partial charge in [0.2, 0.25) is 0 Å². The molecule has 0 bridgehead atoms. The molecule has 1 nitrogen and oxygen atoms in total. The maximum absolute atomic E-state index is 3.68. The summed E-state index contributed by atoms with van der Waals surface area (Å²) in [4.78, 5) is 3.12. The quantitative estimate of drug-likeness (QED) is 0.772. The Morgan fingerprint density at radius 2 is 2.00 bits per heavy atom. The second-order valence-corrected chi connectivity index (χ2v) is 6.69. The molecule has 17 heavy (non-hydrogen) atoms. The van der Waals surface area contributed by atoms with Crippen molar-refractivity contribution in [1.82, 2.24) is 5.32 Å². The predicted octanol–water partition coefficient (Wildman–Crippen LogP) is 4.02. The highest BCUT2D eigenvalue weighted by Gasteiger charge is 2.47. The molecule has 2 rings (SSSR count). The summed E-state index contributed by atoms with van der Waals surface area (Å²) in [5, 5.41) is 3.68. The largest absolute Gasteiger partial charge is 0.314 e. The molecule has 96 valence electrons. The normalized spacial score (nSPS) is 19.2. The molecule has 1 N–H and O–H groups in total. The van der Waals surface area contributed by atoms with Crippen molar-refractivity contribution >= 4 is 11.3 Å². The standard InChI is InChI=1S/C15H25NS/c1-4-10-16-12(3)15(8-9-15)11-14-7-6-13(5-2)17-14/h6-7,12,16H,4-5,8-11H2,1-3H3. The lowest BCUT2D eigenvalue weighted by molar-refractivity contribution is 0.352. The second kappa shape index (κ2) is 5.53. The van der Waals surface area contributed by atoms with E-state index in [1.165, 1.54) is 37.0 Å². The Morgan fingerprint density at radius 3 is 2.53 bits per heavy atom. The molecule has 1 fully saturated rings. The van der Waals surface area contributed by atoms with Gasteiger partial charge in [0.05, 0.1) is 0 Å². The van der Waals surface area contributed by atoms with Gasteiger partial charge in [0.1, 0.15) is 0 Å². The van der Waals surface area contributed by atoms with Crippen molar-refractivity contribution in [2.45, 2.75) is 58.9 Å². The van der Waals surface area contributed by atoms with Crippen LogP contribution in [-0.2, 0) is 12.8 Å². The molecule has 0 amide bonds. The van der Waals surface area contributed by atoms with E-state index in [9.17, 15) is 0 Å². The van der Waals surface area contributed by atoms with Gasteiger partial charge in [0.15, 0.2) is 0 Å². The summed E-state index contributed by atoms with van der Waals surface area (Å²) in [5.41, 5.74) is 0.574. The first-order valence-electron chi connectivity index (χ1n) is 7.01. The summed E-state index contributed by atoms with van der Waals surface area (Å²) in [6, 6.07) is 5.32. The van der Waals surface area contributed by atoms with Crippen molar-refractivity contribution in [1.29, 1.82) is 0 Å². The number of hydrogen-bond donors (Lipinski definition) is 1. The van der Waals surface area contributed by atoms with E-state index in [-0.39, 0.29) is 0 Å². The van der Waals surface area contributed by atoms with Gasteiger partial charge >= 0.3 is 0 Å². The molecule has 0 spiro atoms. The molecular formula is C15H25NS. The highest BCUT2D eigenvalue weighted by molar-refractivity contribution is 7.11. The minimum atomic E-state index is 0.574. The number of hydrogen-bond acceptors (Lipinski definition) is 2. The smallest absolute Gasteiger partial charge is 0.00986 e. The molecule has 1 heterocycles. The number of rotatable bonds is 7. The van der Waals surface area contributed by atoms with Gasteiger partial charge in [-0.3, -0.25) is 0 Å². The molecule has 0 saturated heterocycles. The van der Waals surface area contributed by atoms with E-state index < -0.39 is 0 Å². The molecule has 1 atom stereocenters. The van der Waals surface area contributed by atoms with E-state index in [0.29, 0.717) is 11.5 Å². The summed E-state index contributed by atoms with van der Waals surface area (Å²) in [6.07, 6.45) is 6.52. The van der Waals surface area contributed by atoms with Crippen molar-refractivity contribution in [3.8, 4) is 0 Å². The van der Waals surface area contributed by atoms with Crippen molar-refractivity contribution in [3.63, 3.8) is 0 Å². The lowest BCUT2D eigenvalue weighted by atomic mass is 9.93. The van der Waals surface area contributed by atoms with Crippen LogP contribution < -0.4 is 5.32 Å². The van der Waals surface area contributed by atoms with Crippen LogP contribution in [-0.4, -0.2) is 12.6 Å². The first-order valence-corrected chi connectivity index (χ1v) is 7.83. The fourth-order valence-electron chi connectivity index (χ4n) is 2.56. The Bertz CT molecular complexity index is 352. The van der Waals surface area contributed by atoms with Crippen LogP contribution in [0.3, 0.4) is 0 Å². The van der Waals surface area contributed by atoms with Crippen LogP contribution in [0.5, 0.6) is 0 Å². The fraction of sp³-hybridized carbons (Fsp3) is 0.733. The second-order valence-electron chi connectivity index (χ2n) is 5.44. The van der Waals surface area contributed by atoms with Crippen molar-refractivity contribution in [2.75, 3.05) is 6.54 Å². The monoisotopic (exact) mass is 251 g/mol. The third-order valence-electron chi connectivity index (χ3n) is 4.10. The lowest BCUT2D eigenvalue weighted by Gasteiger charge is -2.24. The molecule has 0 radical (unpaired) electrons. The minimum Gasteiger partial charge on any atom is -0.314 e. The molecule has 1 aromatic heterocycles. The Labute approximate surface area is 110 Å². The zero-order valence-corrected chi connectivity index (χ0v) is 12.2. The van der Waals surface area contributed by atoms with Crippen molar-refractivity contribution in [3.05, 3.63) is 21.9 Å². The van der Waals surface area contributed by atoms with Crippen LogP contribution in [0, 0.1) is 5.41 Å². The van der Waals surface area contributed by atoms with E-state index in [1.807, 2.05) is 11.3 Å². The van der Waals surface area contributed by atoms with Crippen LogP contribution in [0.2, 0.25) is 0 Å². The van der Waals surface area contributed by atoms with E-state index in [1.54, 1.807) is 4.88 Å². The fourth-order valence-corrected chi connectivity index (χ4v) is 3.67. The predicted molar refractivity (Wildman–Crippen MR) is 76.8 cm³/mol. The highest BCUT2D eigenvalue weighted by atomic mass is 32.1. The average Bonchev–Trinajstić information content (AvgIpc) is 2.97. The maximum Gasteiger partial charge on any atom is 0.00986 e. The molecule has 0 aromatic carbocycles. The van der Waals surface area contributed by atoms with Crippen molar-refractivity contribution in [2.24, 2.45) is 5.41 Å². The number of aryl methyl sites for hydroxylation is 1. The zero-order valence-electron chi connectivity index (χ0n) is 11.4. The minimum absolute atomic E-state index is 0.574. The summed E-state index contributed by atoms with van der Waals surface area (Å²) < 4.78 is 0. The van der Waals surface area contributed by atoms with Gasteiger partial charge in [-0.25, -0.2) is 0 Å². The molecule has 0 aliphatic heterocycles.